The van der Waals surface area contributed by atoms with E-state index in [1.165, 1.54) is 18.2 Å². The maximum atomic E-state index is 11.3. The molecule has 6 nitrogen and oxygen atoms in total. The van der Waals surface area contributed by atoms with E-state index in [1.807, 2.05) is 6.07 Å². The number of ether oxygens (including phenoxy) is 2. The van der Waals surface area contributed by atoms with Crippen molar-refractivity contribution >= 4 is 28.9 Å². The summed E-state index contributed by atoms with van der Waals surface area (Å²) in [5.74, 6) is 0.731. The summed E-state index contributed by atoms with van der Waals surface area (Å²) < 4.78 is 10.4. The number of rotatable bonds is 3. The Morgan fingerprint density at radius 2 is 1.91 bits per heavy atom. The normalized spacial score (nSPS) is 12.8. The van der Waals surface area contributed by atoms with E-state index >= 15 is 0 Å². The lowest BCUT2D eigenvalue weighted by Crippen LogP contribution is -1.93. The molecule has 0 bridgehead atoms. The summed E-state index contributed by atoms with van der Waals surface area (Å²) in [6, 6.07) is 11.5. The Morgan fingerprint density at radius 1 is 1.26 bits per heavy atom. The van der Waals surface area contributed by atoms with Crippen molar-refractivity contribution in [1.29, 1.82) is 5.26 Å². The van der Waals surface area contributed by atoms with Gasteiger partial charge in [-0.15, -0.1) is 0 Å². The Morgan fingerprint density at radius 3 is 2.52 bits per heavy atom. The Bertz CT molecular complexity index is 854. The van der Waals surface area contributed by atoms with Gasteiger partial charge < -0.3 is 9.47 Å². The Kier molecular flexibility index (Phi) is 3.87. The van der Waals surface area contributed by atoms with Crippen LogP contribution < -0.4 is 9.47 Å². The first-order valence-electron chi connectivity index (χ1n) is 6.54. The van der Waals surface area contributed by atoms with Crippen molar-refractivity contribution in [2.24, 2.45) is 0 Å². The van der Waals surface area contributed by atoms with Gasteiger partial charge in [0.05, 0.1) is 28.2 Å². The molecule has 23 heavy (non-hydrogen) atoms. The molecule has 0 saturated carbocycles. The largest absolute Gasteiger partial charge is 0.454 e. The summed E-state index contributed by atoms with van der Waals surface area (Å²) in [4.78, 5) is 10.7. The van der Waals surface area contributed by atoms with Gasteiger partial charge in [0.15, 0.2) is 11.5 Å². The van der Waals surface area contributed by atoms with Gasteiger partial charge in [-0.1, -0.05) is 23.7 Å². The fourth-order valence-corrected chi connectivity index (χ4v) is 2.31. The number of halogens is 1. The molecule has 114 valence electrons. The quantitative estimate of drug-likeness (QED) is 0.367. The molecule has 1 aliphatic rings. The Hall–Kier alpha value is -3.04. The molecule has 2 aromatic rings. The first-order chi connectivity index (χ1) is 11.1. The maximum absolute atomic E-state index is 11.3. The second-order valence-electron chi connectivity index (χ2n) is 4.70. The number of nitro groups is 1. The van der Waals surface area contributed by atoms with Crippen molar-refractivity contribution in [3.8, 4) is 17.6 Å². The molecule has 0 saturated heterocycles. The molecule has 1 heterocycles. The molecule has 3 rings (SSSR count). The van der Waals surface area contributed by atoms with Crippen LogP contribution in [-0.4, -0.2) is 11.7 Å². The smallest absolute Gasteiger partial charge is 0.280 e. The van der Waals surface area contributed by atoms with Crippen molar-refractivity contribution in [3.63, 3.8) is 0 Å². The summed E-state index contributed by atoms with van der Waals surface area (Å²) in [5, 5.41) is 21.1. The average molecular weight is 329 g/mol. The van der Waals surface area contributed by atoms with Crippen molar-refractivity contribution in [2.75, 3.05) is 6.79 Å². The SMILES string of the molecule is N#CC(=Cc1cc2c(cc1[N+](=O)[O-])OCO2)c1ccc(Cl)cc1. The van der Waals surface area contributed by atoms with E-state index in [0.717, 1.165) is 0 Å². The van der Waals surface area contributed by atoms with Gasteiger partial charge in [-0.2, -0.15) is 5.26 Å². The fraction of sp³-hybridized carbons (Fsp3) is 0.0625. The Balaban J connectivity index is 2.11. The summed E-state index contributed by atoms with van der Waals surface area (Å²) in [6.07, 6.45) is 1.45. The highest BCUT2D eigenvalue weighted by atomic mass is 35.5. The van der Waals surface area contributed by atoms with E-state index in [0.29, 0.717) is 22.1 Å². The zero-order valence-electron chi connectivity index (χ0n) is 11.7. The van der Waals surface area contributed by atoms with Gasteiger partial charge in [0.25, 0.3) is 5.69 Å². The first-order valence-corrected chi connectivity index (χ1v) is 6.92. The lowest BCUT2D eigenvalue weighted by molar-refractivity contribution is -0.385. The van der Waals surface area contributed by atoms with Crippen LogP contribution in [0.1, 0.15) is 11.1 Å². The van der Waals surface area contributed by atoms with Crippen LogP contribution in [0.15, 0.2) is 36.4 Å². The second-order valence-corrected chi connectivity index (χ2v) is 5.13. The highest BCUT2D eigenvalue weighted by molar-refractivity contribution is 6.30. The van der Waals surface area contributed by atoms with Crippen LogP contribution in [0.5, 0.6) is 11.5 Å². The fourth-order valence-electron chi connectivity index (χ4n) is 2.19. The number of allylic oxidation sites excluding steroid dienone is 1. The van der Waals surface area contributed by atoms with Crippen LogP contribution >= 0.6 is 11.6 Å². The lowest BCUT2D eigenvalue weighted by atomic mass is 10.0. The van der Waals surface area contributed by atoms with Crippen LogP contribution in [0.4, 0.5) is 5.69 Å². The minimum Gasteiger partial charge on any atom is -0.454 e. The summed E-state index contributed by atoms with van der Waals surface area (Å²) in [5.41, 5.74) is 1.01. The third-order valence-electron chi connectivity index (χ3n) is 3.29. The van der Waals surface area contributed by atoms with E-state index in [4.69, 9.17) is 21.1 Å². The predicted molar refractivity (Wildman–Crippen MR) is 84.2 cm³/mol. The van der Waals surface area contributed by atoms with E-state index in [-0.39, 0.29) is 23.6 Å². The monoisotopic (exact) mass is 328 g/mol. The van der Waals surface area contributed by atoms with Gasteiger partial charge in [0, 0.05) is 5.02 Å². The highest BCUT2D eigenvalue weighted by Gasteiger charge is 2.22. The summed E-state index contributed by atoms with van der Waals surface area (Å²) in [6.45, 7) is 0.0158. The molecule has 2 aromatic carbocycles. The molecule has 0 fully saturated rings. The number of hydrogen-bond donors (Lipinski definition) is 0. The topological polar surface area (TPSA) is 85.4 Å². The molecule has 0 unspecified atom stereocenters. The minimum absolute atomic E-state index is 0.0158. The van der Waals surface area contributed by atoms with Crippen molar-refractivity contribution in [3.05, 3.63) is 62.7 Å². The van der Waals surface area contributed by atoms with E-state index in [2.05, 4.69) is 0 Å². The number of hydrogen-bond acceptors (Lipinski definition) is 5. The van der Waals surface area contributed by atoms with Crippen molar-refractivity contribution < 1.29 is 14.4 Å². The number of fused-ring (bicyclic) bond motifs is 1. The van der Waals surface area contributed by atoms with E-state index < -0.39 is 4.92 Å². The molecule has 0 spiro atoms. The average Bonchev–Trinajstić information content (AvgIpc) is 3.00. The number of benzene rings is 2. The van der Waals surface area contributed by atoms with Crippen LogP contribution in [-0.2, 0) is 0 Å². The van der Waals surface area contributed by atoms with Gasteiger partial charge in [-0.3, -0.25) is 10.1 Å². The molecule has 0 radical (unpaired) electrons. The Labute approximate surface area is 136 Å². The molecule has 0 N–H and O–H groups in total. The molecule has 0 amide bonds. The summed E-state index contributed by atoms with van der Waals surface area (Å²) in [7, 11) is 0. The molecule has 7 heteroatoms. The third kappa shape index (κ3) is 2.96. The van der Waals surface area contributed by atoms with Gasteiger partial charge in [-0.25, -0.2) is 0 Å². The molecule has 0 aromatic heterocycles. The highest BCUT2D eigenvalue weighted by Crippen LogP contribution is 2.39. The minimum atomic E-state index is -0.523. The van der Waals surface area contributed by atoms with Crippen LogP contribution in [0, 0.1) is 21.4 Å². The molecule has 0 aliphatic carbocycles. The van der Waals surface area contributed by atoms with Gasteiger partial charge in [-0.05, 0) is 29.8 Å². The zero-order valence-corrected chi connectivity index (χ0v) is 12.4. The standard InChI is InChI=1S/C16H9ClN2O4/c17-13-3-1-10(2-4-13)12(8-18)5-11-6-15-16(23-9-22-15)7-14(11)19(20)21/h1-7H,9H2. The van der Waals surface area contributed by atoms with Crippen LogP contribution in [0.25, 0.3) is 11.6 Å². The van der Waals surface area contributed by atoms with Gasteiger partial charge in [0.1, 0.15) is 0 Å². The van der Waals surface area contributed by atoms with Gasteiger partial charge in [0.2, 0.25) is 6.79 Å². The maximum Gasteiger partial charge on any atom is 0.280 e. The molecular formula is C16H9ClN2O4. The molecule has 0 atom stereocenters. The van der Waals surface area contributed by atoms with Gasteiger partial charge >= 0.3 is 0 Å². The second kappa shape index (κ2) is 5.99. The first kappa shape index (κ1) is 14.9. The number of nitro benzene ring substituents is 1. The molecule has 1 aliphatic heterocycles. The van der Waals surface area contributed by atoms with E-state index in [1.54, 1.807) is 24.3 Å². The third-order valence-corrected chi connectivity index (χ3v) is 3.55. The van der Waals surface area contributed by atoms with Crippen molar-refractivity contribution in [1.82, 2.24) is 0 Å². The van der Waals surface area contributed by atoms with Crippen molar-refractivity contribution in [2.45, 2.75) is 0 Å². The molecular weight excluding hydrogens is 320 g/mol. The van der Waals surface area contributed by atoms with Crippen LogP contribution in [0.2, 0.25) is 5.02 Å². The number of nitrogens with zero attached hydrogens (tertiary/aromatic N) is 2. The summed E-state index contributed by atoms with van der Waals surface area (Å²) >= 11 is 5.83. The number of nitriles is 1. The lowest BCUT2D eigenvalue weighted by Gasteiger charge is -2.03. The zero-order chi connectivity index (χ0) is 16.4. The van der Waals surface area contributed by atoms with Crippen LogP contribution in [0.3, 0.4) is 0 Å². The predicted octanol–water partition coefficient (Wildman–Crippen LogP) is 4.04. The van der Waals surface area contributed by atoms with E-state index in [9.17, 15) is 15.4 Å².